The maximum absolute atomic E-state index is 14.0. The summed E-state index contributed by atoms with van der Waals surface area (Å²) in [7, 11) is 2.88. The Balaban J connectivity index is 0.922. The van der Waals surface area contributed by atoms with Crippen LogP contribution in [0.1, 0.15) is 81.5 Å². The van der Waals surface area contributed by atoms with Crippen LogP contribution in [0.2, 0.25) is 0 Å². The number of methoxy groups -OCH3 is 3. The average molecular weight is 1230 g/mol. The van der Waals surface area contributed by atoms with Crippen LogP contribution >= 0.6 is 20.3 Å². The van der Waals surface area contributed by atoms with Crippen LogP contribution in [-0.2, 0) is 43.2 Å². The van der Waals surface area contributed by atoms with Crippen molar-refractivity contribution >= 4 is 54.4 Å². The number of ether oxygens (including phenoxy) is 7. The summed E-state index contributed by atoms with van der Waals surface area (Å²) in [5.74, 6) is 1.70. The van der Waals surface area contributed by atoms with E-state index in [9.17, 15) is 14.4 Å². The number of aromatic nitrogens is 4. The Morgan fingerprint density at radius 3 is 1.86 bits per heavy atom. The molecule has 1 saturated heterocycles. The molecule has 0 bridgehead atoms. The molecule has 21 heteroatoms. The van der Waals surface area contributed by atoms with E-state index in [-0.39, 0.29) is 61.1 Å². The molecule has 0 spiro atoms. The van der Waals surface area contributed by atoms with E-state index in [2.05, 4.69) is 77.2 Å². The first-order chi connectivity index (χ1) is 42.6. The highest BCUT2D eigenvalue weighted by Crippen LogP contribution is 2.52. The van der Waals surface area contributed by atoms with Crippen molar-refractivity contribution in [3.63, 3.8) is 0 Å². The molecule has 88 heavy (non-hydrogen) atoms. The number of rotatable bonds is 27. The number of hydrogen-bond acceptors (Lipinski definition) is 17. The van der Waals surface area contributed by atoms with Gasteiger partial charge in [-0.05, 0) is 117 Å². The van der Waals surface area contributed by atoms with Crippen molar-refractivity contribution in [1.82, 2.24) is 29.5 Å². The van der Waals surface area contributed by atoms with Crippen molar-refractivity contribution in [3.05, 3.63) is 198 Å². The molecule has 2 aromatic heterocycles. The lowest BCUT2D eigenvalue weighted by atomic mass is 9.80. The van der Waals surface area contributed by atoms with Gasteiger partial charge in [0.2, 0.25) is 5.12 Å². The van der Waals surface area contributed by atoms with Crippen molar-refractivity contribution in [1.29, 1.82) is 0 Å². The third kappa shape index (κ3) is 13.9. The lowest BCUT2D eigenvalue weighted by Crippen LogP contribution is -2.49. The fraction of sp³-hybridized carbons (Fsp3) is 0.343. The highest BCUT2D eigenvalue weighted by molar-refractivity contribution is 8.13. The minimum Gasteiger partial charge on any atom is -0.497 e. The van der Waals surface area contributed by atoms with Crippen LogP contribution in [-0.4, -0.2) is 131 Å². The van der Waals surface area contributed by atoms with E-state index in [4.69, 9.17) is 47.2 Å². The number of nitrogens with zero attached hydrogens (tertiary/aromatic N) is 5. The lowest BCUT2D eigenvalue weighted by Gasteiger charge is -2.39. The fourth-order valence-corrected chi connectivity index (χ4v) is 13.9. The molecule has 1 aliphatic carbocycles. The van der Waals surface area contributed by atoms with Crippen LogP contribution in [0.25, 0.3) is 22.3 Å². The Kier molecular flexibility index (Phi) is 20.5. The number of thioether (sulfide) groups is 1. The van der Waals surface area contributed by atoms with Gasteiger partial charge < -0.3 is 52.8 Å². The number of nitrogens with one attached hydrogen (secondary N) is 2. The summed E-state index contributed by atoms with van der Waals surface area (Å²) < 4.78 is 62.1. The zero-order valence-electron chi connectivity index (χ0n) is 50.7. The Bertz CT molecular complexity index is 3540. The van der Waals surface area contributed by atoms with Crippen LogP contribution in [0.15, 0.2) is 170 Å². The number of hydrogen-bond donors (Lipinski definition) is 2. The fourth-order valence-electron chi connectivity index (χ4n) is 11.3. The predicted octanol–water partition coefficient (Wildman–Crippen LogP) is 12.1. The first-order valence-electron chi connectivity index (χ1n) is 29.1. The molecule has 10 rings (SSSR count). The monoisotopic (exact) mass is 1230 g/mol. The molecule has 8 aromatic rings. The highest BCUT2D eigenvalue weighted by Gasteiger charge is 2.51. The molecular formula is C67H74N7O12PS. The molecule has 0 saturated carbocycles. The van der Waals surface area contributed by atoms with Gasteiger partial charge >= 0.3 is 6.09 Å². The van der Waals surface area contributed by atoms with Gasteiger partial charge in [0.15, 0.2) is 29.8 Å². The molecule has 19 nitrogen and oxygen atoms in total. The number of carbonyl (C=O) groups excluding carboxylic acids is 3. The summed E-state index contributed by atoms with van der Waals surface area (Å²) in [4.78, 5) is 54.6. The van der Waals surface area contributed by atoms with E-state index in [1.165, 1.54) is 6.33 Å². The van der Waals surface area contributed by atoms with Crippen molar-refractivity contribution in [3.8, 4) is 28.4 Å². The summed E-state index contributed by atoms with van der Waals surface area (Å²) in [5, 5.41) is 5.37. The molecule has 2 aliphatic rings. The van der Waals surface area contributed by atoms with E-state index < -0.39 is 56.2 Å². The molecule has 1 fully saturated rings. The second-order valence-electron chi connectivity index (χ2n) is 22.2. The lowest BCUT2D eigenvalue weighted by molar-refractivity contribution is -0.118. The van der Waals surface area contributed by atoms with Crippen molar-refractivity contribution in [2.75, 3.05) is 58.8 Å². The molecule has 460 valence electrons. The van der Waals surface area contributed by atoms with Crippen molar-refractivity contribution < 1.29 is 56.6 Å². The number of para-hydroxylation sites is 1. The zero-order chi connectivity index (χ0) is 62.0. The third-order valence-corrected chi connectivity index (χ3v) is 18.7. The maximum atomic E-state index is 14.0. The molecule has 2 amide bonds. The molecule has 6 aromatic carbocycles. The number of carbonyl (C=O) groups is 3. The van der Waals surface area contributed by atoms with Gasteiger partial charge in [-0.1, -0.05) is 133 Å². The van der Waals surface area contributed by atoms with Gasteiger partial charge in [-0.15, -0.1) is 0 Å². The molecular weight excluding hydrogens is 1160 g/mol. The molecule has 5 unspecified atom stereocenters. The summed E-state index contributed by atoms with van der Waals surface area (Å²) in [6.07, 6.45) is -1.35. The molecule has 0 radical (unpaired) electrons. The number of anilines is 1. The first kappa shape index (κ1) is 63.2. The van der Waals surface area contributed by atoms with E-state index >= 15 is 0 Å². The Hall–Kier alpha value is -7.78. The van der Waals surface area contributed by atoms with E-state index in [1.54, 1.807) is 58.2 Å². The van der Waals surface area contributed by atoms with E-state index in [0.29, 0.717) is 28.4 Å². The summed E-state index contributed by atoms with van der Waals surface area (Å²) >= 11 is 1.05. The number of alkyl carbamates (subject to hydrolysis) is 1. The Labute approximate surface area is 518 Å². The number of amides is 2. The van der Waals surface area contributed by atoms with Gasteiger partial charge in [-0.3, -0.25) is 14.2 Å². The summed E-state index contributed by atoms with van der Waals surface area (Å²) in [6.45, 7) is 11.5. The predicted molar refractivity (Wildman–Crippen MR) is 338 cm³/mol. The van der Waals surface area contributed by atoms with Gasteiger partial charge in [0.1, 0.15) is 59.6 Å². The minimum absolute atomic E-state index is 0.0685. The van der Waals surface area contributed by atoms with Crippen molar-refractivity contribution in [2.45, 2.75) is 95.2 Å². The van der Waals surface area contributed by atoms with E-state index in [0.717, 1.165) is 50.7 Å². The zero-order valence-corrected chi connectivity index (χ0v) is 52.4. The standard InChI is InChI=1S/C67H74N7O12PS/c1-43(2)74(44(3)4)87(84-36-37-88-64(76)66(5,6)72-65(77)82-38-55-53-26-18-16-24-51(53)52-25-17-19-27-54(52)55)86-59-56(39-83-67(45-20-12-10-13-21-45,46-28-32-48(78-7)33-29-46)47-30-34-49(79-8)35-31-47)85-63(60(59)80-9)73-42-70-58-61(68-41-69-62(58)73)71-57(75)40-81-50-22-14-11-15-23-50/h10-35,41-44,55-56,59-60,63H,36-40H2,1-9H3,(H,72,77)(H,68,69,71,75). The molecule has 2 N–H and O–H groups in total. The van der Waals surface area contributed by atoms with Crippen LogP contribution in [0, 0.1) is 0 Å². The largest absolute Gasteiger partial charge is 0.497 e. The van der Waals surface area contributed by atoms with Crippen molar-refractivity contribution in [2.24, 2.45) is 0 Å². The van der Waals surface area contributed by atoms with Gasteiger partial charge in [0, 0.05) is 30.9 Å². The van der Waals surface area contributed by atoms with Crippen LogP contribution in [0.3, 0.4) is 0 Å². The van der Waals surface area contributed by atoms with Crippen LogP contribution in [0.4, 0.5) is 10.6 Å². The second kappa shape index (κ2) is 28.6. The smallest absolute Gasteiger partial charge is 0.407 e. The first-order valence-corrected chi connectivity index (χ1v) is 31.3. The summed E-state index contributed by atoms with van der Waals surface area (Å²) in [6, 6.07) is 50.6. The van der Waals surface area contributed by atoms with E-state index in [1.807, 2.05) is 121 Å². The van der Waals surface area contributed by atoms with Crippen LogP contribution in [0.5, 0.6) is 17.2 Å². The normalized spacial score (nSPS) is 17.0. The number of imidazole rings is 1. The van der Waals surface area contributed by atoms with Crippen LogP contribution < -0.4 is 24.8 Å². The topological polar surface area (TPSA) is 205 Å². The molecule has 1 aliphatic heterocycles. The Morgan fingerprint density at radius 1 is 0.693 bits per heavy atom. The van der Waals surface area contributed by atoms with Gasteiger partial charge in [0.25, 0.3) is 14.4 Å². The number of fused-ring (bicyclic) bond motifs is 4. The SMILES string of the molecule is COc1ccc(C(OCC2OC(n3cnc4c(NC(=O)COc5ccccc5)ncnc43)C(OC)C2OP(OCCSC(=O)C(C)(C)NC(=O)OCC2c3ccccc3-c3ccccc32)N(C(C)C)C(C)C)(c2ccccc2)c2ccc(OC)cc2)cc1. The number of benzene rings is 6. The highest BCUT2D eigenvalue weighted by atomic mass is 32.2. The minimum atomic E-state index is -1.96. The summed E-state index contributed by atoms with van der Waals surface area (Å²) in [5.41, 5.74) is 4.97. The second-order valence-corrected chi connectivity index (χ2v) is 24.7. The Morgan fingerprint density at radius 2 is 1.27 bits per heavy atom. The van der Waals surface area contributed by atoms with Gasteiger partial charge in [-0.25, -0.2) is 24.4 Å². The quantitative estimate of drug-likeness (QED) is 0.0279. The van der Waals surface area contributed by atoms with Gasteiger partial charge in [-0.2, -0.15) is 0 Å². The average Bonchev–Trinajstić information content (AvgIpc) is 2.48. The maximum Gasteiger partial charge on any atom is 0.407 e. The third-order valence-electron chi connectivity index (χ3n) is 15.4. The molecule has 3 heterocycles. The molecule has 5 atom stereocenters. The van der Waals surface area contributed by atoms with Gasteiger partial charge in [0.05, 0.1) is 33.8 Å².